The Morgan fingerprint density at radius 2 is 2.00 bits per heavy atom. The van der Waals surface area contributed by atoms with Crippen molar-refractivity contribution in [3.8, 4) is 0 Å². The van der Waals surface area contributed by atoms with E-state index in [9.17, 15) is 13.2 Å². The van der Waals surface area contributed by atoms with Crippen molar-refractivity contribution >= 4 is 11.0 Å². The zero-order chi connectivity index (χ0) is 12.9. The molecule has 0 unspecified atom stereocenters. The van der Waals surface area contributed by atoms with Gasteiger partial charge in [0.05, 0.1) is 16.6 Å². The zero-order valence-corrected chi connectivity index (χ0v) is 9.96. The minimum absolute atomic E-state index is 0.414. The first-order valence-corrected chi connectivity index (χ1v) is 6.00. The van der Waals surface area contributed by atoms with E-state index in [1.165, 1.54) is 12.5 Å². The van der Waals surface area contributed by atoms with Crippen LogP contribution in [0.3, 0.4) is 0 Å². The van der Waals surface area contributed by atoms with E-state index in [4.69, 9.17) is 0 Å². The lowest BCUT2D eigenvalue weighted by atomic mass is 9.85. The fourth-order valence-electron chi connectivity index (χ4n) is 2.43. The SMILES string of the molecule is Cn1c(C2CCC2)nc2cc(C(F)(F)F)ccc21. The summed E-state index contributed by atoms with van der Waals surface area (Å²) in [7, 11) is 1.87. The molecule has 1 saturated carbocycles. The molecule has 3 rings (SSSR count). The van der Waals surface area contributed by atoms with Crippen LogP contribution in [0.2, 0.25) is 0 Å². The highest BCUT2D eigenvalue weighted by Crippen LogP contribution is 2.37. The number of hydrogen-bond acceptors (Lipinski definition) is 1. The van der Waals surface area contributed by atoms with Crippen LogP contribution in [0, 0.1) is 0 Å². The van der Waals surface area contributed by atoms with Gasteiger partial charge in [-0.15, -0.1) is 0 Å². The van der Waals surface area contributed by atoms with Gasteiger partial charge >= 0.3 is 6.18 Å². The summed E-state index contributed by atoms with van der Waals surface area (Å²) < 4.78 is 39.8. The molecule has 0 atom stereocenters. The van der Waals surface area contributed by atoms with E-state index in [-0.39, 0.29) is 0 Å². The third-order valence-electron chi connectivity index (χ3n) is 3.71. The number of fused-ring (bicyclic) bond motifs is 1. The van der Waals surface area contributed by atoms with Crippen molar-refractivity contribution in [1.29, 1.82) is 0 Å². The standard InChI is InChI=1S/C13H13F3N2/c1-18-11-6-5-9(13(14,15)16)7-10(11)17-12(18)8-3-2-4-8/h5-8H,2-4H2,1H3. The molecule has 18 heavy (non-hydrogen) atoms. The molecule has 1 heterocycles. The first kappa shape index (κ1) is 11.6. The van der Waals surface area contributed by atoms with Gasteiger partial charge in [0.1, 0.15) is 5.82 Å². The van der Waals surface area contributed by atoms with Crippen LogP contribution >= 0.6 is 0 Å². The van der Waals surface area contributed by atoms with E-state index in [1.807, 2.05) is 11.6 Å². The molecule has 2 nitrogen and oxygen atoms in total. The van der Waals surface area contributed by atoms with E-state index in [0.717, 1.165) is 36.3 Å². The van der Waals surface area contributed by atoms with Crippen molar-refractivity contribution in [3.63, 3.8) is 0 Å². The molecule has 0 amide bonds. The largest absolute Gasteiger partial charge is 0.416 e. The van der Waals surface area contributed by atoms with Crippen LogP contribution in [-0.4, -0.2) is 9.55 Å². The van der Waals surface area contributed by atoms with Crippen molar-refractivity contribution in [2.24, 2.45) is 7.05 Å². The first-order valence-electron chi connectivity index (χ1n) is 6.00. The summed E-state index contributed by atoms with van der Waals surface area (Å²) in [5.41, 5.74) is 0.576. The Labute approximate surface area is 102 Å². The summed E-state index contributed by atoms with van der Waals surface area (Å²) in [4.78, 5) is 4.37. The molecule has 1 aliphatic carbocycles. The lowest BCUT2D eigenvalue weighted by molar-refractivity contribution is -0.137. The molecule has 2 aromatic rings. The third-order valence-corrected chi connectivity index (χ3v) is 3.71. The molecule has 0 radical (unpaired) electrons. The maximum Gasteiger partial charge on any atom is 0.416 e. The highest BCUT2D eigenvalue weighted by atomic mass is 19.4. The van der Waals surface area contributed by atoms with Gasteiger partial charge in [-0.1, -0.05) is 6.42 Å². The summed E-state index contributed by atoms with van der Waals surface area (Å²) >= 11 is 0. The maximum absolute atomic E-state index is 12.6. The second kappa shape index (κ2) is 3.73. The summed E-state index contributed by atoms with van der Waals surface area (Å²) in [6.45, 7) is 0. The topological polar surface area (TPSA) is 17.8 Å². The van der Waals surface area contributed by atoms with Gasteiger partial charge in [-0.05, 0) is 31.0 Å². The van der Waals surface area contributed by atoms with Gasteiger partial charge in [0.2, 0.25) is 0 Å². The van der Waals surface area contributed by atoms with Gasteiger partial charge in [0.25, 0.3) is 0 Å². The molecular formula is C13H13F3N2. The Morgan fingerprint density at radius 3 is 2.56 bits per heavy atom. The van der Waals surface area contributed by atoms with Gasteiger partial charge in [-0.2, -0.15) is 13.2 Å². The second-order valence-electron chi connectivity index (χ2n) is 4.86. The number of halogens is 3. The Balaban J connectivity index is 2.12. The number of imidazole rings is 1. The van der Waals surface area contributed by atoms with E-state index < -0.39 is 11.7 Å². The van der Waals surface area contributed by atoms with Crippen LogP contribution in [0.15, 0.2) is 18.2 Å². The Bertz CT molecular complexity index is 594. The predicted octanol–water partition coefficient (Wildman–Crippen LogP) is 3.86. The molecule has 0 spiro atoms. The Morgan fingerprint density at radius 1 is 1.28 bits per heavy atom. The number of hydrogen-bond donors (Lipinski definition) is 0. The van der Waals surface area contributed by atoms with E-state index >= 15 is 0 Å². The molecule has 96 valence electrons. The number of aryl methyl sites for hydroxylation is 1. The molecule has 0 saturated heterocycles. The highest BCUT2D eigenvalue weighted by molar-refractivity contribution is 5.77. The number of benzene rings is 1. The average Bonchev–Trinajstić information content (AvgIpc) is 2.52. The highest BCUT2D eigenvalue weighted by Gasteiger charge is 2.31. The smallest absolute Gasteiger partial charge is 0.331 e. The van der Waals surface area contributed by atoms with Crippen molar-refractivity contribution in [2.45, 2.75) is 31.4 Å². The van der Waals surface area contributed by atoms with Crippen LogP contribution in [0.25, 0.3) is 11.0 Å². The number of alkyl halides is 3. The lowest BCUT2D eigenvalue weighted by Gasteiger charge is -2.24. The molecule has 1 aromatic carbocycles. The number of rotatable bonds is 1. The van der Waals surface area contributed by atoms with Crippen LogP contribution in [0.5, 0.6) is 0 Å². The van der Waals surface area contributed by atoms with Crippen LogP contribution in [0.4, 0.5) is 13.2 Å². The molecule has 1 fully saturated rings. The van der Waals surface area contributed by atoms with Crippen LogP contribution in [-0.2, 0) is 13.2 Å². The maximum atomic E-state index is 12.6. The fourth-order valence-corrected chi connectivity index (χ4v) is 2.43. The van der Waals surface area contributed by atoms with Crippen molar-refractivity contribution in [2.75, 3.05) is 0 Å². The van der Waals surface area contributed by atoms with Gasteiger partial charge in [0, 0.05) is 13.0 Å². The average molecular weight is 254 g/mol. The Hall–Kier alpha value is -1.52. The van der Waals surface area contributed by atoms with Crippen molar-refractivity contribution < 1.29 is 13.2 Å². The lowest BCUT2D eigenvalue weighted by Crippen LogP contribution is -2.13. The minimum Gasteiger partial charge on any atom is -0.331 e. The van der Waals surface area contributed by atoms with Gasteiger partial charge in [0.15, 0.2) is 0 Å². The summed E-state index contributed by atoms with van der Waals surface area (Å²) in [5, 5.41) is 0. The molecule has 1 aliphatic rings. The molecular weight excluding hydrogens is 241 g/mol. The van der Waals surface area contributed by atoms with E-state index in [0.29, 0.717) is 11.4 Å². The zero-order valence-electron chi connectivity index (χ0n) is 9.96. The fraction of sp³-hybridized carbons (Fsp3) is 0.462. The van der Waals surface area contributed by atoms with E-state index in [1.54, 1.807) is 0 Å². The van der Waals surface area contributed by atoms with E-state index in [2.05, 4.69) is 4.98 Å². The van der Waals surface area contributed by atoms with Crippen LogP contribution < -0.4 is 0 Å². The summed E-state index contributed by atoms with van der Waals surface area (Å²) in [5.74, 6) is 1.33. The van der Waals surface area contributed by atoms with Crippen molar-refractivity contribution in [1.82, 2.24) is 9.55 Å². The molecule has 0 aliphatic heterocycles. The van der Waals surface area contributed by atoms with Gasteiger partial charge in [-0.25, -0.2) is 4.98 Å². The van der Waals surface area contributed by atoms with Gasteiger partial charge in [-0.3, -0.25) is 0 Å². The first-order chi connectivity index (χ1) is 8.47. The molecule has 0 N–H and O–H groups in total. The third kappa shape index (κ3) is 1.69. The monoisotopic (exact) mass is 254 g/mol. The molecule has 5 heteroatoms. The molecule has 1 aromatic heterocycles. The normalized spacial score (nSPS) is 17.1. The van der Waals surface area contributed by atoms with Crippen LogP contribution in [0.1, 0.15) is 36.6 Å². The number of nitrogens with zero attached hydrogens (tertiary/aromatic N) is 2. The second-order valence-corrected chi connectivity index (χ2v) is 4.86. The Kier molecular flexibility index (Phi) is 2.40. The minimum atomic E-state index is -4.30. The molecule has 0 bridgehead atoms. The summed E-state index contributed by atoms with van der Waals surface area (Å²) in [6, 6.07) is 3.76. The van der Waals surface area contributed by atoms with Gasteiger partial charge < -0.3 is 4.57 Å². The summed E-state index contributed by atoms with van der Waals surface area (Å²) in [6.07, 6.45) is -0.948. The number of aromatic nitrogens is 2. The predicted molar refractivity (Wildman–Crippen MR) is 62.3 cm³/mol. The van der Waals surface area contributed by atoms with Crippen molar-refractivity contribution in [3.05, 3.63) is 29.6 Å². The quantitative estimate of drug-likeness (QED) is 0.755.